The molecule has 0 aliphatic rings. The van der Waals surface area contributed by atoms with E-state index in [0.29, 0.717) is 5.92 Å². The van der Waals surface area contributed by atoms with E-state index in [1.54, 1.807) is 6.07 Å². The van der Waals surface area contributed by atoms with Crippen LogP contribution in [0.2, 0.25) is 0 Å². The highest BCUT2D eigenvalue weighted by Crippen LogP contribution is 2.29. The van der Waals surface area contributed by atoms with Crippen LogP contribution in [0.3, 0.4) is 0 Å². The third kappa shape index (κ3) is 3.81. The maximum Gasteiger partial charge on any atom is 0.123 e. The summed E-state index contributed by atoms with van der Waals surface area (Å²) in [4.78, 5) is 0. The second-order valence-electron chi connectivity index (χ2n) is 5.26. The van der Waals surface area contributed by atoms with E-state index < -0.39 is 0 Å². The van der Waals surface area contributed by atoms with Crippen LogP contribution in [0.1, 0.15) is 35.9 Å². The first-order valence-electron chi connectivity index (χ1n) is 6.54. The van der Waals surface area contributed by atoms with E-state index in [9.17, 15) is 4.39 Å². The lowest BCUT2D eigenvalue weighted by Gasteiger charge is -2.12. The van der Waals surface area contributed by atoms with Crippen LogP contribution in [-0.4, -0.2) is 0 Å². The Kier molecular flexibility index (Phi) is 4.60. The summed E-state index contributed by atoms with van der Waals surface area (Å²) in [5.74, 6) is 0.389. The number of hydrogen-bond acceptors (Lipinski definition) is 0. The average Bonchev–Trinajstić information content (AvgIpc) is 2.38. The molecule has 0 aliphatic carbocycles. The van der Waals surface area contributed by atoms with Gasteiger partial charge < -0.3 is 0 Å². The molecule has 0 amide bonds. The fraction of sp³-hybridized carbons (Fsp3) is 0.294. The van der Waals surface area contributed by atoms with Gasteiger partial charge in [-0.3, -0.25) is 0 Å². The largest absolute Gasteiger partial charge is 0.207 e. The molecule has 0 aromatic heterocycles. The molecule has 0 saturated heterocycles. The lowest BCUT2D eigenvalue weighted by Crippen LogP contribution is -1.97. The smallest absolute Gasteiger partial charge is 0.123 e. The number of rotatable bonds is 4. The van der Waals surface area contributed by atoms with Crippen molar-refractivity contribution in [2.45, 2.75) is 25.6 Å². The van der Waals surface area contributed by atoms with Gasteiger partial charge in [0.25, 0.3) is 0 Å². The fourth-order valence-electron chi connectivity index (χ4n) is 2.15. The highest BCUT2D eigenvalue weighted by Gasteiger charge is 2.11. The summed E-state index contributed by atoms with van der Waals surface area (Å²) in [5, 5.41) is -0.302. The molecule has 0 spiro atoms. The molecule has 1 atom stereocenters. The SMILES string of the molecule is CC(C)Cc1ccc(C(Cl)c2cccc(F)c2)cc1. The van der Waals surface area contributed by atoms with Gasteiger partial charge in [-0.25, -0.2) is 4.39 Å². The van der Waals surface area contributed by atoms with Crippen molar-refractivity contribution in [2.24, 2.45) is 5.92 Å². The summed E-state index contributed by atoms with van der Waals surface area (Å²) in [5.41, 5.74) is 3.10. The van der Waals surface area contributed by atoms with Crippen LogP contribution in [0.25, 0.3) is 0 Å². The van der Waals surface area contributed by atoms with Gasteiger partial charge in [-0.15, -0.1) is 11.6 Å². The first-order valence-corrected chi connectivity index (χ1v) is 6.98. The first-order chi connectivity index (χ1) is 9.06. The Labute approximate surface area is 119 Å². The number of halogens is 2. The van der Waals surface area contributed by atoms with E-state index in [1.807, 2.05) is 18.2 Å². The number of benzene rings is 2. The second-order valence-corrected chi connectivity index (χ2v) is 5.69. The van der Waals surface area contributed by atoms with Crippen molar-refractivity contribution in [3.63, 3.8) is 0 Å². The molecule has 0 heterocycles. The predicted octanol–water partition coefficient (Wildman–Crippen LogP) is 5.35. The molecule has 19 heavy (non-hydrogen) atoms. The molecule has 0 radical (unpaired) electrons. The highest BCUT2D eigenvalue weighted by atomic mass is 35.5. The molecule has 0 bridgehead atoms. The molecule has 0 nitrogen and oxygen atoms in total. The third-order valence-electron chi connectivity index (χ3n) is 3.06. The summed E-state index contributed by atoms with van der Waals surface area (Å²) >= 11 is 6.39. The Bertz CT molecular complexity index is 531. The molecule has 2 aromatic carbocycles. The molecule has 2 heteroatoms. The molecule has 0 N–H and O–H groups in total. The third-order valence-corrected chi connectivity index (χ3v) is 3.56. The molecule has 0 fully saturated rings. The molecule has 2 rings (SSSR count). The van der Waals surface area contributed by atoms with Gasteiger partial charge in [0.05, 0.1) is 5.38 Å². The summed E-state index contributed by atoms with van der Waals surface area (Å²) in [6, 6.07) is 14.7. The zero-order valence-corrected chi connectivity index (χ0v) is 12.0. The minimum atomic E-state index is -0.302. The molecular formula is C17H18ClF. The monoisotopic (exact) mass is 276 g/mol. The normalized spacial score (nSPS) is 12.7. The van der Waals surface area contributed by atoms with Crippen molar-refractivity contribution in [2.75, 3.05) is 0 Å². The van der Waals surface area contributed by atoms with E-state index in [0.717, 1.165) is 17.5 Å². The molecule has 100 valence electrons. The minimum absolute atomic E-state index is 0.250. The van der Waals surface area contributed by atoms with Crippen LogP contribution < -0.4 is 0 Å². The van der Waals surface area contributed by atoms with Gasteiger partial charge in [-0.05, 0) is 41.2 Å². The molecule has 0 aliphatic heterocycles. The van der Waals surface area contributed by atoms with Crippen molar-refractivity contribution in [1.29, 1.82) is 0 Å². The summed E-state index contributed by atoms with van der Waals surface area (Å²) < 4.78 is 13.2. The van der Waals surface area contributed by atoms with Crippen molar-refractivity contribution in [3.8, 4) is 0 Å². The average molecular weight is 277 g/mol. The molecule has 0 saturated carbocycles. The Morgan fingerprint density at radius 1 is 1.00 bits per heavy atom. The van der Waals surface area contributed by atoms with E-state index in [1.165, 1.54) is 17.7 Å². The maximum absolute atomic E-state index is 13.2. The first kappa shape index (κ1) is 14.1. The van der Waals surface area contributed by atoms with Crippen LogP contribution in [0.5, 0.6) is 0 Å². The summed E-state index contributed by atoms with van der Waals surface area (Å²) in [7, 11) is 0. The molecule has 1 unspecified atom stereocenters. The van der Waals surface area contributed by atoms with Crippen LogP contribution in [0, 0.1) is 11.7 Å². The van der Waals surface area contributed by atoms with Gasteiger partial charge in [0, 0.05) is 0 Å². The van der Waals surface area contributed by atoms with Crippen molar-refractivity contribution >= 4 is 11.6 Å². The van der Waals surface area contributed by atoms with E-state index in [4.69, 9.17) is 11.6 Å². The van der Waals surface area contributed by atoms with Gasteiger partial charge in [-0.1, -0.05) is 50.2 Å². The van der Waals surface area contributed by atoms with E-state index in [2.05, 4.69) is 26.0 Å². The van der Waals surface area contributed by atoms with Crippen molar-refractivity contribution in [3.05, 3.63) is 71.0 Å². The minimum Gasteiger partial charge on any atom is -0.207 e. The van der Waals surface area contributed by atoms with Crippen LogP contribution in [-0.2, 0) is 6.42 Å². The Balaban J connectivity index is 2.17. The predicted molar refractivity (Wildman–Crippen MR) is 79.1 cm³/mol. The van der Waals surface area contributed by atoms with Crippen molar-refractivity contribution in [1.82, 2.24) is 0 Å². The van der Waals surface area contributed by atoms with Crippen LogP contribution in [0.15, 0.2) is 48.5 Å². The van der Waals surface area contributed by atoms with Gasteiger partial charge in [0.2, 0.25) is 0 Å². The maximum atomic E-state index is 13.2. The van der Waals surface area contributed by atoms with E-state index in [-0.39, 0.29) is 11.2 Å². The lowest BCUT2D eigenvalue weighted by atomic mass is 9.99. The molecule has 2 aromatic rings. The highest BCUT2D eigenvalue weighted by molar-refractivity contribution is 6.22. The Morgan fingerprint density at radius 2 is 1.68 bits per heavy atom. The van der Waals surface area contributed by atoms with Crippen LogP contribution >= 0.6 is 11.6 Å². The summed E-state index contributed by atoms with van der Waals surface area (Å²) in [6.07, 6.45) is 1.06. The number of alkyl halides is 1. The number of hydrogen-bond donors (Lipinski definition) is 0. The fourth-order valence-corrected chi connectivity index (χ4v) is 2.43. The zero-order valence-electron chi connectivity index (χ0n) is 11.2. The van der Waals surface area contributed by atoms with Gasteiger partial charge in [0.15, 0.2) is 0 Å². The Morgan fingerprint density at radius 3 is 2.26 bits per heavy atom. The topological polar surface area (TPSA) is 0 Å². The quantitative estimate of drug-likeness (QED) is 0.660. The van der Waals surface area contributed by atoms with Crippen molar-refractivity contribution < 1.29 is 4.39 Å². The summed E-state index contributed by atoms with van der Waals surface area (Å²) in [6.45, 7) is 4.40. The van der Waals surface area contributed by atoms with Gasteiger partial charge >= 0.3 is 0 Å². The van der Waals surface area contributed by atoms with E-state index >= 15 is 0 Å². The van der Waals surface area contributed by atoms with Gasteiger partial charge in [0.1, 0.15) is 5.82 Å². The Hall–Kier alpha value is -1.34. The van der Waals surface area contributed by atoms with Gasteiger partial charge in [-0.2, -0.15) is 0 Å². The van der Waals surface area contributed by atoms with Crippen LogP contribution in [0.4, 0.5) is 4.39 Å². The lowest BCUT2D eigenvalue weighted by molar-refractivity contribution is 0.625. The second kappa shape index (κ2) is 6.21. The standard InChI is InChI=1S/C17H18ClF/c1-12(2)10-13-6-8-14(9-7-13)17(18)15-4-3-5-16(19)11-15/h3-9,11-12,17H,10H2,1-2H3. The molecular weight excluding hydrogens is 259 g/mol. The zero-order chi connectivity index (χ0) is 13.8.